The molecule has 4 aromatic rings. The number of carbonyl (C=O) groups excluding carboxylic acids is 10. The van der Waals surface area contributed by atoms with Crippen LogP contribution in [0, 0.1) is 27.0 Å². The molecular formula is C68H98N22O14. The van der Waals surface area contributed by atoms with Crippen molar-refractivity contribution in [2.75, 3.05) is 67.2 Å². The molecule has 0 aliphatic heterocycles. The van der Waals surface area contributed by atoms with E-state index in [1.807, 2.05) is 0 Å². The van der Waals surface area contributed by atoms with Gasteiger partial charge in [-0.15, -0.1) is 0 Å². The maximum Gasteiger partial charge on any atom is 0.312 e. The Morgan fingerprint density at radius 1 is 0.356 bits per heavy atom. The molecule has 4 atom stereocenters. The Morgan fingerprint density at radius 2 is 0.644 bits per heavy atom. The van der Waals surface area contributed by atoms with Crippen LogP contribution in [0.5, 0.6) is 23.0 Å². The Balaban J connectivity index is 1.60. The number of methoxy groups -OCH3 is 3. The molecule has 0 aliphatic rings. The Bertz CT molecular complexity index is 3740. The topological polar surface area (TPSA) is 629 Å². The normalized spacial score (nSPS) is 11.8. The van der Waals surface area contributed by atoms with Crippen molar-refractivity contribution in [3.63, 3.8) is 0 Å². The molecular weight excluding hydrogens is 1350 g/mol. The van der Waals surface area contributed by atoms with Gasteiger partial charge in [-0.05, 0) is 135 Å². The molecule has 0 bridgehead atoms. The number of benzene rings is 4. The highest BCUT2D eigenvalue weighted by atomic mass is 16.5. The van der Waals surface area contributed by atoms with Gasteiger partial charge in [0.25, 0.3) is 23.6 Å². The summed E-state index contributed by atoms with van der Waals surface area (Å²) >= 11 is 0. The molecule has 564 valence electrons. The molecule has 4 aromatic carbocycles. The molecule has 0 spiro atoms. The van der Waals surface area contributed by atoms with Crippen molar-refractivity contribution in [3.05, 3.63) is 117 Å². The first-order valence-corrected chi connectivity index (χ1v) is 33.3. The van der Waals surface area contributed by atoms with Crippen LogP contribution in [0.4, 0.5) is 4.79 Å². The van der Waals surface area contributed by atoms with Gasteiger partial charge in [-0.2, -0.15) is 0 Å². The van der Waals surface area contributed by atoms with Crippen molar-refractivity contribution in [3.8, 4) is 23.0 Å². The molecule has 104 heavy (non-hydrogen) atoms. The van der Waals surface area contributed by atoms with E-state index in [0.717, 1.165) is 0 Å². The van der Waals surface area contributed by atoms with Crippen molar-refractivity contribution < 1.29 is 66.9 Å². The Labute approximate surface area is 601 Å². The molecule has 0 fully saturated rings. The van der Waals surface area contributed by atoms with Crippen molar-refractivity contribution >= 4 is 88.5 Å². The van der Waals surface area contributed by atoms with Crippen LogP contribution in [0.3, 0.4) is 0 Å². The number of unbranched alkanes of at least 4 members (excludes halogenated alkanes) is 1. The lowest BCUT2D eigenvalue weighted by molar-refractivity contribution is -0.127. The van der Waals surface area contributed by atoms with Crippen LogP contribution in [0.1, 0.15) is 134 Å². The van der Waals surface area contributed by atoms with Crippen LogP contribution in [0.15, 0.2) is 72.8 Å². The molecule has 0 heterocycles. The predicted octanol–water partition coefficient (Wildman–Crippen LogP) is -1.11. The van der Waals surface area contributed by atoms with E-state index < -0.39 is 71.2 Å². The predicted molar refractivity (Wildman–Crippen MR) is 388 cm³/mol. The fourth-order valence-corrected chi connectivity index (χ4v) is 10.7. The lowest BCUT2D eigenvalue weighted by Gasteiger charge is -2.21. The van der Waals surface area contributed by atoms with Gasteiger partial charge in [-0.3, -0.25) is 70.2 Å². The van der Waals surface area contributed by atoms with E-state index in [1.165, 1.54) is 82.0 Å². The van der Waals surface area contributed by atoms with E-state index in [1.54, 1.807) is 12.1 Å². The zero-order valence-electron chi connectivity index (χ0n) is 58.6. The minimum Gasteiger partial charge on any atom is -0.496 e. The molecule has 4 rings (SSSR count). The Kier molecular flexibility index (Phi) is 35.7. The zero-order chi connectivity index (χ0) is 76.8. The van der Waals surface area contributed by atoms with Crippen molar-refractivity contribution in [2.45, 2.75) is 120 Å². The van der Waals surface area contributed by atoms with E-state index in [9.17, 15) is 47.9 Å². The number of ether oxygens (including phenoxy) is 4. The molecule has 0 saturated carbocycles. The maximum absolute atomic E-state index is 14.6. The van der Waals surface area contributed by atoms with Crippen LogP contribution in [-0.4, -0.2) is 180 Å². The van der Waals surface area contributed by atoms with Gasteiger partial charge >= 0.3 is 6.03 Å². The van der Waals surface area contributed by atoms with Gasteiger partial charge in [0.2, 0.25) is 5.91 Å². The summed E-state index contributed by atoms with van der Waals surface area (Å²) in [7, 11) is 3.96. The van der Waals surface area contributed by atoms with E-state index in [0.29, 0.717) is 42.5 Å². The summed E-state index contributed by atoms with van der Waals surface area (Å²) < 4.78 is 22.4. The molecule has 36 heteroatoms. The van der Waals surface area contributed by atoms with Crippen molar-refractivity contribution in [2.24, 2.45) is 40.1 Å². The largest absolute Gasteiger partial charge is 0.496 e. The first-order chi connectivity index (χ1) is 49.5. The number of amides is 7. The smallest absolute Gasteiger partial charge is 0.312 e. The first kappa shape index (κ1) is 84.1. The van der Waals surface area contributed by atoms with Crippen LogP contribution in [0.25, 0.3) is 0 Å². The van der Waals surface area contributed by atoms with Gasteiger partial charge in [0.1, 0.15) is 29.6 Å². The number of hydrogen-bond acceptors (Lipinski definition) is 19. The summed E-state index contributed by atoms with van der Waals surface area (Å²) in [6.07, 6.45) is 1.00. The number of nitrogens with one attached hydrogen (secondary N) is 15. The highest BCUT2D eigenvalue weighted by Gasteiger charge is 2.30. The highest BCUT2D eigenvalue weighted by Crippen LogP contribution is 2.27. The second-order valence-corrected chi connectivity index (χ2v) is 23.9. The SMILES string of the molecule is COc1ccc(CC(=O)[C@@H](CCCNC(=N)N)NC(=O)CCCCNC(=N)N)cc1C(=O)N[C@H](CCCNC(=N)N)C(=O)Cc1ccc(OC)c(C(=O)N[C@H](CCCNC(=N)N)C(=O)Cc2ccc(OC)c(C(=O)N[C@H](CCCNC(N)=O)C(=O)Cc3ccc(OCCNC(=N)N)c(C(N)=O)c3)c2)c1. The molecule has 36 nitrogen and oxygen atoms in total. The van der Waals surface area contributed by atoms with Crippen LogP contribution in [-0.2, 0) is 49.7 Å². The quantitative estimate of drug-likeness (QED) is 0.0142. The number of carbonyl (C=O) groups is 10. The van der Waals surface area contributed by atoms with Gasteiger partial charge in [-0.1, -0.05) is 24.3 Å². The monoisotopic (exact) mass is 1450 g/mol. The molecule has 0 radical (unpaired) electrons. The first-order valence-electron chi connectivity index (χ1n) is 33.3. The number of hydrogen-bond donors (Lipinski definition) is 22. The molecule has 0 saturated heterocycles. The number of guanidine groups is 5. The minimum atomic E-state index is -1.23. The third-order valence-corrected chi connectivity index (χ3v) is 15.9. The standard InChI is InChI=1S/C68H98N22O14/c1-101-54-19-15-39(35-50(91)46(10-6-24-82-64(72)73)87-58(95)14-4-5-23-81-63(70)71)31-43(54)60(97)88-47(11-7-25-83-65(74)75)52(93)36-40-16-20-55(102-2)44(32-40)61(98)89-48(12-8-26-84-66(76)77)53(94)37-41-17-21-56(103-3)45(33-41)62(99)90-49(13-9-27-86-68(80)100)51(92)34-38-18-22-57(42(30-38)59(69)96)104-29-28-85-67(78)79/h15-22,30-33,46-49H,4-14,23-29,34-37H2,1-3H3,(H2,69,96)(H,87,95)(H,88,97)(H,89,98)(H,90,99)(H4,70,71,81)(H4,72,73,82)(H4,74,75,83)(H4,76,77,84)(H4,78,79,85)(H3,80,86,100)/t46-,47-,48-,49-/m1/s1. The number of rotatable bonds is 48. The zero-order valence-corrected chi connectivity index (χ0v) is 58.6. The van der Waals surface area contributed by atoms with Crippen molar-refractivity contribution in [1.82, 2.24) is 53.2 Å². The van der Waals surface area contributed by atoms with Crippen LogP contribution in [0.2, 0.25) is 0 Å². The summed E-state index contributed by atoms with van der Waals surface area (Å²) in [5, 5.41) is 64.4. The number of ketones is 4. The Morgan fingerprint density at radius 3 is 0.952 bits per heavy atom. The molecule has 0 aromatic heterocycles. The number of Topliss-reactive ketones (excluding diaryl/α,β-unsaturated/α-hetero) is 4. The van der Waals surface area contributed by atoms with Gasteiger partial charge in [-0.25, -0.2) is 4.79 Å². The lowest BCUT2D eigenvalue weighted by atomic mass is 9.96. The highest BCUT2D eigenvalue weighted by molar-refractivity contribution is 6.04. The van der Waals surface area contributed by atoms with E-state index in [4.69, 9.17) is 86.1 Å². The van der Waals surface area contributed by atoms with Crippen LogP contribution < -0.4 is 112 Å². The van der Waals surface area contributed by atoms with Crippen molar-refractivity contribution in [1.29, 1.82) is 27.0 Å². The molecule has 29 N–H and O–H groups in total. The summed E-state index contributed by atoms with van der Waals surface area (Å²) in [5.74, 6) is -6.57. The fraction of sp³-hybridized carbons (Fsp3) is 0.426. The van der Waals surface area contributed by atoms with Gasteiger partial charge in [0.05, 0.1) is 74.3 Å². The Hall–Kier alpha value is -12.3. The third kappa shape index (κ3) is 30.3. The summed E-state index contributed by atoms with van der Waals surface area (Å²) in [6.45, 7) is 1.11. The molecule has 0 aliphatic carbocycles. The number of urea groups is 1. The number of nitrogens with two attached hydrogens (primary N) is 7. The summed E-state index contributed by atoms with van der Waals surface area (Å²) in [4.78, 5) is 138. The van der Waals surface area contributed by atoms with E-state index >= 15 is 0 Å². The summed E-state index contributed by atoms with van der Waals surface area (Å²) in [6, 6.07) is 12.3. The summed E-state index contributed by atoms with van der Waals surface area (Å²) in [5.41, 5.74) is 39.2. The van der Waals surface area contributed by atoms with E-state index in [2.05, 4.69) is 53.2 Å². The lowest BCUT2D eigenvalue weighted by Crippen LogP contribution is -2.43. The fourth-order valence-electron chi connectivity index (χ4n) is 10.7. The molecule has 7 amide bonds. The van der Waals surface area contributed by atoms with Gasteiger partial charge < -0.3 is 112 Å². The van der Waals surface area contributed by atoms with E-state index in [-0.39, 0.29) is 209 Å². The third-order valence-electron chi connectivity index (χ3n) is 15.9. The minimum absolute atomic E-state index is 0.00580. The average molecular weight is 1450 g/mol. The molecule has 0 unspecified atom stereocenters. The maximum atomic E-state index is 14.6. The number of primary amides is 2. The average Bonchev–Trinajstić information content (AvgIpc) is 0.836. The van der Waals surface area contributed by atoms with Gasteiger partial charge in [0, 0.05) is 64.8 Å². The second kappa shape index (κ2) is 44.1. The second-order valence-electron chi connectivity index (χ2n) is 23.9. The van der Waals surface area contributed by atoms with Gasteiger partial charge in [0.15, 0.2) is 52.9 Å². The van der Waals surface area contributed by atoms with Crippen LogP contribution >= 0.6 is 0 Å².